The Morgan fingerprint density at radius 1 is 0.769 bits per heavy atom. The van der Waals surface area contributed by atoms with Gasteiger partial charge in [-0.3, -0.25) is 0 Å². The summed E-state index contributed by atoms with van der Waals surface area (Å²) in [5.41, 5.74) is 6.78. The fourth-order valence-corrected chi connectivity index (χ4v) is 3.31. The minimum absolute atomic E-state index is 0.813. The highest BCUT2D eigenvalue weighted by atomic mass is 16.3. The van der Waals surface area contributed by atoms with Crippen LogP contribution in [-0.2, 0) is 0 Å². The first-order chi connectivity index (χ1) is 12.8. The minimum atomic E-state index is 0.813. The van der Waals surface area contributed by atoms with Gasteiger partial charge in [-0.2, -0.15) is 0 Å². The molecule has 0 aliphatic carbocycles. The van der Waals surface area contributed by atoms with Gasteiger partial charge in [0.05, 0.1) is 0 Å². The molecule has 0 fully saturated rings. The average Bonchev–Trinajstić information content (AvgIpc) is 3.06. The van der Waals surface area contributed by atoms with E-state index in [-0.39, 0.29) is 0 Å². The van der Waals surface area contributed by atoms with Crippen LogP contribution in [0.25, 0.3) is 45.4 Å². The smallest absolute Gasteiger partial charge is 0.135 e. The quantitative estimate of drug-likeness (QED) is 0.377. The number of allylic oxidation sites excluding steroid dienone is 1. The molecule has 0 spiro atoms. The second-order valence-electron chi connectivity index (χ2n) is 6.24. The van der Waals surface area contributed by atoms with E-state index in [4.69, 9.17) is 4.42 Å². The zero-order chi connectivity index (χ0) is 17.9. The number of benzene rings is 3. The number of furan rings is 1. The van der Waals surface area contributed by atoms with E-state index in [0.717, 1.165) is 22.3 Å². The summed E-state index contributed by atoms with van der Waals surface area (Å²) in [6.45, 7) is 5.88. The molecule has 0 atom stereocenters. The Labute approximate surface area is 153 Å². The van der Waals surface area contributed by atoms with Crippen LogP contribution in [-0.4, -0.2) is 0 Å². The molecule has 0 aliphatic heterocycles. The Kier molecular flexibility index (Phi) is 4.28. The molecule has 4 aromatic rings. The van der Waals surface area contributed by atoms with Crippen LogP contribution in [0, 0.1) is 0 Å². The normalized spacial score (nSPS) is 11.3. The van der Waals surface area contributed by atoms with Crippen molar-refractivity contribution >= 4 is 23.1 Å². The minimum Gasteiger partial charge on any atom is -0.456 e. The van der Waals surface area contributed by atoms with Crippen LogP contribution < -0.4 is 0 Å². The van der Waals surface area contributed by atoms with Gasteiger partial charge in [-0.25, -0.2) is 0 Å². The van der Waals surface area contributed by atoms with Crippen molar-refractivity contribution in [2.24, 2.45) is 0 Å². The lowest BCUT2D eigenvalue weighted by Gasteiger charge is -2.06. The van der Waals surface area contributed by atoms with Gasteiger partial charge in [0.15, 0.2) is 0 Å². The molecule has 0 saturated heterocycles. The summed E-state index contributed by atoms with van der Waals surface area (Å²) in [4.78, 5) is 0. The van der Waals surface area contributed by atoms with E-state index < -0.39 is 0 Å². The molecular weight excluding hydrogens is 316 g/mol. The van der Waals surface area contributed by atoms with E-state index in [9.17, 15) is 0 Å². The van der Waals surface area contributed by atoms with Crippen molar-refractivity contribution in [1.29, 1.82) is 0 Å². The molecule has 0 unspecified atom stereocenters. The third-order valence-electron chi connectivity index (χ3n) is 4.58. The third kappa shape index (κ3) is 2.89. The van der Waals surface area contributed by atoms with E-state index in [1.807, 2.05) is 25.1 Å². The predicted octanol–water partition coefficient (Wildman–Crippen LogP) is 7.44. The summed E-state index contributed by atoms with van der Waals surface area (Å²) >= 11 is 0. The molecule has 4 rings (SSSR count). The Hall–Kier alpha value is -3.32. The fourth-order valence-electron chi connectivity index (χ4n) is 3.31. The van der Waals surface area contributed by atoms with E-state index in [1.54, 1.807) is 6.08 Å². The van der Waals surface area contributed by atoms with Crippen LogP contribution in [0.15, 0.2) is 89.9 Å². The first kappa shape index (κ1) is 16.2. The summed E-state index contributed by atoms with van der Waals surface area (Å²) in [7, 11) is 0. The molecule has 0 aliphatic rings. The molecule has 3 aromatic carbocycles. The molecule has 0 amide bonds. The summed E-state index contributed by atoms with van der Waals surface area (Å²) in [5.74, 6) is 0.813. The van der Waals surface area contributed by atoms with Crippen molar-refractivity contribution in [3.8, 4) is 22.3 Å². The molecule has 0 N–H and O–H groups in total. The van der Waals surface area contributed by atoms with Crippen LogP contribution >= 0.6 is 0 Å². The third-order valence-corrected chi connectivity index (χ3v) is 4.58. The van der Waals surface area contributed by atoms with Gasteiger partial charge in [0.2, 0.25) is 0 Å². The van der Waals surface area contributed by atoms with Gasteiger partial charge in [-0.05, 0) is 53.5 Å². The second kappa shape index (κ2) is 6.89. The van der Waals surface area contributed by atoms with E-state index in [1.165, 1.54) is 22.3 Å². The molecular formula is C25H20O. The van der Waals surface area contributed by atoms with Gasteiger partial charge in [0.1, 0.15) is 11.3 Å². The maximum Gasteiger partial charge on any atom is 0.135 e. The molecule has 0 radical (unpaired) electrons. The van der Waals surface area contributed by atoms with Gasteiger partial charge < -0.3 is 4.42 Å². The first-order valence-electron chi connectivity index (χ1n) is 8.77. The Bertz CT molecular complexity index is 1100. The number of rotatable bonds is 4. The monoisotopic (exact) mass is 336 g/mol. The van der Waals surface area contributed by atoms with Gasteiger partial charge in [-0.1, -0.05) is 73.3 Å². The van der Waals surface area contributed by atoms with Crippen LogP contribution in [0.4, 0.5) is 0 Å². The van der Waals surface area contributed by atoms with Crippen molar-refractivity contribution in [1.82, 2.24) is 0 Å². The Balaban J connectivity index is 1.85. The lowest BCUT2D eigenvalue weighted by atomic mass is 9.97. The van der Waals surface area contributed by atoms with Crippen molar-refractivity contribution in [2.75, 3.05) is 0 Å². The summed E-state index contributed by atoms with van der Waals surface area (Å²) < 4.78 is 5.92. The zero-order valence-corrected chi connectivity index (χ0v) is 14.8. The van der Waals surface area contributed by atoms with Crippen LogP contribution in [0.2, 0.25) is 0 Å². The van der Waals surface area contributed by atoms with Gasteiger partial charge >= 0.3 is 0 Å². The molecule has 1 nitrogen and oxygen atoms in total. The van der Waals surface area contributed by atoms with Crippen LogP contribution in [0.3, 0.4) is 0 Å². The van der Waals surface area contributed by atoms with Crippen molar-refractivity contribution < 1.29 is 4.42 Å². The first-order valence-corrected chi connectivity index (χ1v) is 8.77. The molecule has 1 heteroatoms. The molecule has 1 heterocycles. The maximum atomic E-state index is 5.92. The summed E-state index contributed by atoms with van der Waals surface area (Å²) in [6, 6.07) is 25.5. The lowest BCUT2D eigenvalue weighted by molar-refractivity contribution is 0.603. The molecule has 1 aromatic heterocycles. The Morgan fingerprint density at radius 3 is 2.19 bits per heavy atom. The highest BCUT2D eigenvalue weighted by molar-refractivity contribution is 5.94. The maximum absolute atomic E-state index is 5.92. The molecule has 0 saturated carbocycles. The molecule has 126 valence electrons. The van der Waals surface area contributed by atoms with Crippen LogP contribution in [0.1, 0.15) is 18.2 Å². The highest BCUT2D eigenvalue weighted by Gasteiger charge is 2.11. The van der Waals surface area contributed by atoms with E-state index in [0.29, 0.717) is 0 Å². The summed E-state index contributed by atoms with van der Waals surface area (Å²) in [6.07, 6.45) is 5.87. The Morgan fingerprint density at radius 2 is 1.46 bits per heavy atom. The largest absolute Gasteiger partial charge is 0.456 e. The average molecular weight is 336 g/mol. The summed E-state index contributed by atoms with van der Waals surface area (Å²) in [5, 5.41) is 1.11. The lowest BCUT2D eigenvalue weighted by Crippen LogP contribution is -1.82. The topological polar surface area (TPSA) is 13.1 Å². The van der Waals surface area contributed by atoms with Gasteiger partial charge in [-0.15, -0.1) is 0 Å². The molecule has 26 heavy (non-hydrogen) atoms. The van der Waals surface area contributed by atoms with Crippen molar-refractivity contribution in [2.45, 2.75) is 6.92 Å². The predicted molar refractivity (Wildman–Crippen MR) is 112 cm³/mol. The van der Waals surface area contributed by atoms with E-state index >= 15 is 0 Å². The van der Waals surface area contributed by atoms with Crippen molar-refractivity contribution in [3.05, 3.63) is 96.8 Å². The fraction of sp³-hybridized carbons (Fsp3) is 0.0400. The van der Waals surface area contributed by atoms with Gasteiger partial charge in [0.25, 0.3) is 0 Å². The van der Waals surface area contributed by atoms with Crippen molar-refractivity contribution in [3.63, 3.8) is 0 Å². The molecule has 0 bridgehead atoms. The van der Waals surface area contributed by atoms with Crippen LogP contribution in [0.5, 0.6) is 0 Å². The van der Waals surface area contributed by atoms with Gasteiger partial charge in [0, 0.05) is 10.9 Å². The highest BCUT2D eigenvalue weighted by Crippen LogP contribution is 2.33. The van der Waals surface area contributed by atoms with E-state index in [2.05, 4.69) is 73.3 Å². The number of fused-ring (bicyclic) bond motifs is 1. The number of hydrogen-bond acceptors (Lipinski definition) is 1. The number of hydrogen-bond donors (Lipinski definition) is 0. The SMILES string of the molecule is C=Cc1oc2ccc(-c3cccc(-c4ccccc4)c3)cc2c1/C=C\C. The standard InChI is InChI=1S/C25H20O/c1-3-9-22-23-17-21(14-15-25(23)26-24(22)4-2)20-13-8-12-19(16-20)18-10-6-5-7-11-18/h3-17H,2H2,1H3/b9-3-. The zero-order valence-electron chi connectivity index (χ0n) is 14.8. The second-order valence-corrected chi connectivity index (χ2v) is 6.24.